The molecule has 3 atom stereocenters. The fourth-order valence-electron chi connectivity index (χ4n) is 4.35. The van der Waals surface area contributed by atoms with E-state index in [1.807, 2.05) is 0 Å². The first kappa shape index (κ1) is 25.3. The van der Waals surface area contributed by atoms with E-state index in [1.54, 1.807) is 30.3 Å². The molecule has 1 aromatic heterocycles. The van der Waals surface area contributed by atoms with Gasteiger partial charge in [-0.1, -0.05) is 60.7 Å². The van der Waals surface area contributed by atoms with Crippen LogP contribution in [-0.2, 0) is 4.79 Å². The van der Waals surface area contributed by atoms with Gasteiger partial charge in [-0.15, -0.1) is 0 Å². The molecular weight excluding hydrogens is 500 g/mol. The summed E-state index contributed by atoms with van der Waals surface area (Å²) in [5.41, 5.74) is 13.5. The lowest BCUT2D eigenvalue weighted by Crippen LogP contribution is -2.26. The SMILES string of the molecule is Nc1nc(OC(c2ccc(-c3cccc(F)c3)cc2)C(F)(F)F)cc(-c2ccc(C3CC3(N)C=O)cc2)n1. The second-order valence-corrected chi connectivity index (χ2v) is 9.23. The van der Waals surface area contributed by atoms with Gasteiger partial charge in [0.15, 0.2) is 0 Å². The van der Waals surface area contributed by atoms with Gasteiger partial charge in [-0.25, -0.2) is 9.37 Å². The number of rotatable bonds is 7. The van der Waals surface area contributed by atoms with Gasteiger partial charge in [-0.2, -0.15) is 18.2 Å². The summed E-state index contributed by atoms with van der Waals surface area (Å²) in [6.07, 6.45) is -5.80. The summed E-state index contributed by atoms with van der Waals surface area (Å²) in [7, 11) is 0. The number of aromatic nitrogens is 2. The summed E-state index contributed by atoms with van der Waals surface area (Å²) in [6, 6.07) is 19.5. The average molecular weight is 523 g/mol. The minimum absolute atomic E-state index is 0.0803. The lowest BCUT2D eigenvalue weighted by molar-refractivity contribution is -0.198. The molecule has 0 saturated heterocycles. The molecule has 1 aliphatic rings. The van der Waals surface area contributed by atoms with Crippen molar-refractivity contribution in [1.82, 2.24) is 9.97 Å². The number of nitrogens with two attached hydrogens (primary N) is 2. The Bertz CT molecular complexity index is 1480. The van der Waals surface area contributed by atoms with E-state index in [0.29, 0.717) is 23.1 Å². The van der Waals surface area contributed by atoms with E-state index < -0.39 is 23.6 Å². The predicted octanol–water partition coefficient (Wildman–Crippen LogP) is 5.60. The first-order valence-corrected chi connectivity index (χ1v) is 11.6. The Balaban J connectivity index is 1.40. The number of hydrogen-bond acceptors (Lipinski definition) is 6. The van der Waals surface area contributed by atoms with Crippen LogP contribution in [0.2, 0.25) is 0 Å². The Morgan fingerprint density at radius 1 is 0.947 bits per heavy atom. The molecule has 3 aromatic carbocycles. The summed E-state index contributed by atoms with van der Waals surface area (Å²) in [6.45, 7) is 0. The fourth-order valence-corrected chi connectivity index (χ4v) is 4.35. The maximum absolute atomic E-state index is 14.0. The van der Waals surface area contributed by atoms with E-state index in [0.717, 1.165) is 11.8 Å². The monoisotopic (exact) mass is 522 g/mol. The normalized spacial score (nSPS) is 19.6. The van der Waals surface area contributed by atoms with Crippen LogP contribution in [-0.4, -0.2) is 28.0 Å². The largest absolute Gasteiger partial charge is 0.460 e. The van der Waals surface area contributed by atoms with Crippen molar-refractivity contribution in [2.24, 2.45) is 5.73 Å². The number of benzene rings is 3. The Labute approximate surface area is 215 Å². The Morgan fingerprint density at radius 3 is 2.24 bits per heavy atom. The number of carbonyl (C=O) groups excluding carboxylic acids is 1. The van der Waals surface area contributed by atoms with Gasteiger partial charge in [0, 0.05) is 23.1 Å². The first-order chi connectivity index (χ1) is 18.1. The van der Waals surface area contributed by atoms with Crippen molar-refractivity contribution in [2.75, 3.05) is 5.73 Å². The summed E-state index contributed by atoms with van der Waals surface area (Å²) in [5, 5.41) is 0. The van der Waals surface area contributed by atoms with Gasteiger partial charge in [-0.3, -0.25) is 0 Å². The predicted molar refractivity (Wildman–Crippen MR) is 133 cm³/mol. The number of ether oxygens (including phenoxy) is 1. The molecular formula is C28H22F4N4O2. The van der Waals surface area contributed by atoms with Gasteiger partial charge in [0.25, 0.3) is 0 Å². The molecule has 10 heteroatoms. The zero-order valence-corrected chi connectivity index (χ0v) is 19.8. The van der Waals surface area contributed by atoms with E-state index in [9.17, 15) is 22.4 Å². The number of aldehydes is 1. The van der Waals surface area contributed by atoms with Crippen LogP contribution in [0.3, 0.4) is 0 Å². The topological polar surface area (TPSA) is 104 Å². The molecule has 1 aliphatic carbocycles. The number of nitrogen functional groups attached to an aromatic ring is 1. The van der Waals surface area contributed by atoms with Gasteiger partial charge < -0.3 is 21.0 Å². The number of alkyl halides is 3. The molecule has 4 aromatic rings. The number of nitrogens with zero attached hydrogens (tertiary/aromatic N) is 2. The number of carbonyl (C=O) groups is 1. The third-order valence-corrected chi connectivity index (χ3v) is 6.50. The third kappa shape index (κ3) is 5.21. The van der Waals surface area contributed by atoms with E-state index >= 15 is 0 Å². The van der Waals surface area contributed by atoms with Crippen molar-refractivity contribution < 1.29 is 27.1 Å². The molecule has 1 fully saturated rings. The van der Waals surface area contributed by atoms with Crippen molar-refractivity contribution in [3.05, 3.63) is 95.8 Å². The van der Waals surface area contributed by atoms with Crippen molar-refractivity contribution in [3.63, 3.8) is 0 Å². The molecule has 6 nitrogen and oxygen atoms in total. The van der Waals surface area contributed by atoms with E-state index in [4.69, 9.17) is 16.2 Å². The summed E-state index contributed by atoms with van der Waals surface area (Å²) in [5.74, 6) is -1.13. The van der Waals surface area contributed by atoms with E-state index in [-0.39, 0.29) is 29.0 Å². The molecule has 0 radical (unpaired) electrons. The molecule has 1 heterocycles. The lowest BCUT2D eigenvalue weighted by Gasteiger charge is -2.22. The summed E-state index contributed by atoms with van der Waals surface area (Å²) < 4.78 is 60.9. The highest BCUT2D eigenvalue weighted by atomic mass is 19.4. The van der Waals surface area contributed by atoms with Crippen LogP contribution >= 0.6 is 0 Å². The Hall–Kier alpha value is -4.31. The smallest absolute Gasteiger partial charge is 0.429 e. The minimum atomic E-state index is -4.76. The Kier molecular flexibility index (Phi) is 6.36. The van der Waals surface area contributed by atoms with Crippen LogP contribution in [0.15, 0.2) is 78.9 Å². The lowest BCUT2D eigenvalue weighted by atomic mass is 10.0. The minimum Gasteiger partial charge on any atom is -0.460 e. The van der Waals surface area contributed by atoms with E-state index in [1.165, 1.54) is 48.5 Å². The van der Waals surface area contributed by atoms with Gasteiger partial charge in [0.05, 0.1) is 11.2 Å². The van der Waals surface area contributed by atoms with Crippen molar-refractivity contribution in [1.29, 1.82) is 0 Å². The molecule has 194 valence electrons. The third-order valence-electron chi connectivity index (χ3n) is 6.50. The molecule has 0 bridgehead atoms. The van der Waals surface area contributed by atoms with Crippen molar-refractivity contribution in [2.45, 2.75) is 30.2 Å². The number of halogens is 4. The molecule has 5 rings (SSSR count). The van der Waals surface area contributed by atoms with Crippen LogP contribution in [0, 0.1) is 5.82 Å². The van der Waals surface area contributed by atoms with Crippen LogP contribution in [0.25, 0.3) is 22.4 Å². The quantitative estimate of drug-likeness (QED) is 0.242. The van der Waals surface area contributed by atoms with Crippen molar-refractivity contribution in [3.8, 4) is 28.3 Å². The molecule has 38 heavy (non-hydrogen) atoms. The van der Waals surface area contributed by atoms with Crippen LogP contribution in [0.1, 0.15) is 29.6 Å². The molecule has 3 unspecified atom stereocenters. The maximum atomic E-state index is 14.0. The van der Waals surface area contributed by atoms with Crippen LogP contribution in [0.5, 0.6) is 5.88 Å². The number of anilines is 1. The Morgan fingerprint density at radius 2 is 1.63 bits per heavy atom. The standard InChI is InChI=1S/C28H22F4N4O2/c29-21-3-1-2-20(12-21)16-4-10-19(11-5-16)25(28(30,31)32)38-24-13-23(35-26(33)36-24)18-8-6-17(7-9-18)22-14-27(22,34)15-37/h1-13,15,22,25H,14,34H2,(H2,33,35,36). The molecule has 0 aliphatic heterocycles. The average Bonchev–Trinajstić information content (AvgIpc) is 3.58. The van der Waals surface area contributed by atoms with E-state index in [2.05, 4.69) is 9.97 Å². The van der Waals surface area contributed by atoms with Crippen LogP contribution < -0.4 is 16.2 Å². The van der Waals surface area contributed by atoms with Gasteiger partial charge in [-0.05, 0) is 35.2 Å². The molecule has 1 saturated carbocycles. The zero-order chi connectivity index (χ0) is 27.1. The van der Waals surface area contributed by atoms with Gasteiger partial charge in [0.2, 0.25) is 17.9 Å². The molecule has 4 N–H and O–H groups in total. The second kappa shape index (κ2) is 9.53. The molecule has 0 spiro atoms. The highest BCUT2D eigenvalue weighted by Crippen LogP contribution is 2.48. The first-order valence-electron chi connectivity index (χ1n) is 11.6. The summed E-state index contributed by atoms with van der Waals surface area (Å²) in [4.78, 5) is 19.1. The summed E-state index contributed by atoms with van der Waals surface area (Å²) >= 11 is 0. The molecule has 0 amide bonds. The van der Waals surface area contributed by atoms with Crippen LogP contribution in [0.4, 0.5) is 23.5 Å². The highest BCUT2D eigenvalue weighted by Gasteiger charge is 2.51. The zero-order valence-electron chi connectivity index (χ0n) is 19.8. The van der Waals surface area contributed by atoms with Gasteiger partial charge in [0.1, 0.15) is 12.1 Å². The maximum Gasteiger partial charge on any atom is 0.429 e. The number of hydrogen-bond donors (Lipinski definition) is 2. The van der Waals surface area contributed by atoms with Crippen molar-refractivity contribution >= 4 is 12.2 Å². The second-order valence-electron chi connectivity index (χ2n) is 9.23. The fraction of sp³-hybridized carbons (Fsp3) is 0.179. The highest BCUT2D eigenvalue weighted by molar-refractivity contribution is 5.73. The van der Waals surface area contributed by atoms with Gasteiger partial charge >= 0.3 is 6.18 Å².